The van der Waals surface area contributed by atoms with Crippen LogP contribution >= 0.6 is 11.8 Å². The van der Waals surface area contributed by atoms with Crippen molar-refractivity contribution in [3.05, 3.63) is 11.8 Å². The van der Waals surface area contributed by atoms with E-state index in [1.807, 2.05) is 13.8 Å². The Hall–Kier alpha value is -4.56. The molecule has 0 aromatic rings. The SMILES string of the molecule is C/C=C1/NC(=O)[C@@H]2CSC(=N2)[C@@H]2CCCN2C(=O)[C@@H](CC(C)C)NC(=O)[C@H](C)NC(=O)[C@@H](O)COC(=O)C(C(C)C)N(C)C(=O)[C@H]([C@@H](C)O)NC(=O)[C@@H]2CCCCN2C1=O. The van der Waals surface area contributed by atoms with Crippen molar-refractivity contribution in [2.45, 2.75) is 141 Å². The van der Waals surface area contributed by atoms with E-state index >= 15 is 0 Å². The van der Waals surface area contributed by atoms with Crippen LogP contribution in [0.5, 0.6) is 0 Å². The number of carbonyl (C=O) groups is 8. The molecule has 0 radical (unpaired) electrons. The van der Waals surface area contributed by atoms with Gasteiger partial charge in [0.1, 0.15) is 48.6 Å². The molecule has 0 aliphatic carbocycles. The zero-order valence-corrected chi connectivity index (χ0v) is 36.6. The lowest BCUT2D eigenvalue weighted by molar-refractivity contribution is -0.161. The van der Waals surface area contributed by atoms with E-state index in [1.165, 1.54) is 43.6 Å². The lowest BCUT2D eigenvalue weighted by Gasteiger charge is -2.37. The van der Waals surface area contributed by atoms with Crippen LogP contribution in [0.1, 0.15) is 87.0 Å². The van der Waals surface area contributed by atoms with Crippen LogP contribution in [0.3, 0.4) is 0 Å². The molecule has 2 bridgehead atoms. The molecule has 0 spiro atoms. The summed E-state index contributed by atoms with van der Waals surface area (Å²) in [6.07, 6.45) is 0.988. The van der Waals surface area contributed by atoms with Gasteiger partial charge in [-0.2, -0.15) is 0 Å². The smallest absolute Gasteiger partial charge is 0.329 e. The number of rotatable bonds is 4. The fourth-order valence-corrected chi connectivity index (χ4v) is 9.02. The second-order valence-electron chi connectivity index (χ2n) is 16.6. The van der Waals surface area contributed by atoms with Crippen molar-refractivity contribution < 1.29 is 53.3 Å². The van der Waals surface area contributed by atoms with E-state index in [9.17, 15) is 48.6 Å². The predicted molar refractivity (Wildman–Crippen MR) is 221 cm³/mol. The maximum Gasteiger partial charge on any atom is 0.329 e. The Kier molecular flexibility index (Phi) is 17.1. The van der Waals surface area contributed by atoms with Crippen molar-refractivity contribution in [2.75, 3.05) is 32.5 Å². The first-order valence-electron chi connectivity index (χ1n) is 20.8. The molecule has 20 heteroatoms. The van der Waals surface area contributed by atoms with Gasteiger partial charge in [0.05, 0.1) is 17.2 Å². The van der Waals surface area contributed by atoms with E-state index in [-0.39, 0.29) is 42.7 Å². The van der Waals surface area contributed by atoms with Crippen molar-refractivity contribution in [3.63, 3.8) is 0 Å². The molecule has 0 aromatic heterocycles. The Morgan fingerprint density at radius 1 is 0.850 bits per heavy atom. The molecule has 6 N–H and O–H groups in total. The van der Waals surface area contributed by atoms with Crippen molar-refractivity contribution in [2.24, 2.45) is 16.8 Å². The summed E-state index contributed by atoms with van der Waals surface area (Å²) in [6, 6.07) is -7.42. The molecule has 0 aromatic carbocycles. The second kappa shape index (κ2) is 21.3. The summed E-state index contributed by atoms with van der Waals surface area (Å²) in [4.78, 5) is 118. The predicted octanol–water partition coefficient (Wildman–Crippen LogP) is -0.806. The number of fused-ring (bicyclic) bond motifs is 4. The molecule has 4 aliphatic rings. The van der Waals surface area contributed by atoms with Crippen LogP contribution in [0.25, 0.3) is 0 Å². The van der Waals surface area contributed by atoms with Gasteiger partial charge in [0.15, 0.2) is 6.10 Å². The van der Waals surface area contributed by atoms with Gasteiger partial charge in [-0.3, -0.25) is 38.6 Å². The topological polar surface area (TPSA) is 256 Å². The third kappa shape index (κ3) is 11.6. The van der Waals surface area contributed by atoms with Crippen LogP contribution in [-0.4, -0.2) is 164 Å². The van der Waals surface area contributed by atoms with E-state index in [1.54, 1.807) is 25.7 Å². The standard InChI is InChI=1S/C40H62N8O11S/c1-9-24-37(55)47-15-11-10-13-27(47)34(53)45-30(23(7)49)39(57)46(8)31(21(4)5)40(58)59-18-29(50)35(54)41-22(6)32(51)43-25(17-20(2)3)38(56)48-16-12-14-28(48)36-44-26(19-60-36)33(52)42-24/h9,20-23,25-31,49-50H,10-19H2,1-8H3,(H,41,54)(H,42,52)(H,43,51)(H,45,53)/b24-9+/t22-,23+,25+,26-,27-,28-,29-,30-,31?/m0/s1. The molecule has 9 atom stereocenters. The minimum atomic E-state index is -1.91. The number of hydrogen-bond donors (Lipinski definition) is 6. The summed E-state index contributed by atoms with van der Waals surface area (Å²) in [5.41, 5.74) is -0.0665. The Labute approximate surface area is 355 Å². The molecule has 1 unspecified atom stereocenters. The van der Waals surface area contributed by atoms with E-state index in [0.29, 0.717) is 37.3 Å². The summed E-state index contributed by atoms with van der Waals surface area (Å²) < 4.78 is 5.29. The van der Waals surface area contributed by atoms with Crippen LogP contribution in [0.4, 0.5) is 0 Å². The molecule has 4 rings (SSSR count). The number of amides is 7. The largest absolute Gasteiger partial charge is 0.461 e. The highest BCUT2D eigenvalue weighted by atomic mass is 32.2. The number of aliphatic imine (C=N–C) groups is 1. The van der Waals surface area contributed by atoms with Crippen molar-refractivity contribution in [1.29, 1.82) is 0 Å². The average Bonchev–Trinajstić information content (AvgIpc) is 3.90. The molecule has 2 fully saturated rings. The van der Waals surface area contributed by atoms with Crippen LogP contribution in [-0.2, 0) is 43.1 Å². The first kappa shape index (κ1) is 48.1. The molecule has 0 saturated carbocycles. The summed E-state index contributed by atoms with van der Waals surface area (Å²) in [5.74, 6) is -6.13. The Morgan fingerprint density at radius 3 is 2.15 bits per heavy atom. The molecule has 19 nitrogen and oxygen atoms in total. The summed E-state index contributed by atoms with van der Waals surface area (Å²) >= 11 is 1.34. The number of thioether (sulfide) groups is 1. The van der Waals surface area contributed by atoms with E-state index in [2.05, 4.69) is 21.3 Å². The Morgan fingerprint density at radius 2 is 1.52 bits per heavy atom. The zero-order valence-electron chi connectivity index (χ0n) is 35.8. The van der Waals surface area contributed by atoms with E-state index in [4.69, 9.17) is 9.73 Å². The van der Waals surface area contributed by atoms with Crippen molar-refractivity contribution in [3.8, 4) is 0 Å². The van der Waals surface area contributed by atoms with Gasteiger partial charge < -0.3 is 50.9 Å². The first-order valence-corrected chi connectivity index (χ1v) is 21.7. The highest BCUT2D eigenvalue weighted by Crippen LogP contribution is 2.30. The van der Waals surface area contributed by atoms with Crippen molar-refractivity contribution in [1.82, 2.24) is 36.0 Å². The lowest BCUT2D eigenvalue weighted by atomic mass is 9.99. The number of cyclic esters (lactones) is 1. The number of allylic oxidation sites excluding steroid dienone is 1. The van der Waals surface area contributed by atoms with Gasteiger partial charge in [0.2, 0.25) is 29.5 Å². The number of carbonyl (C=O) groups excluding carboxylic acids is 8. The summed E-state index contributed by atoms with van der Waals surface area (Å²) in [7, 11) is 1.28. The fraction of sp³-hybridized carbons (Fsp3) is 0.725. The number of hydrogen-bond acceptors (Lipinski definition) is 13. The Balaban J connectivity index is 1.68. The van der Waals surface area contributed by atoms with Crippen LogP contribution in [0, 0.1) is 11.8 Å². The number of aliphatic hydroxyl groups excluding tert-OH is 2. The number of esters is 1. The number of aliphatic hydroxyl groups is 2. The maximum atomic E-state index is 14.1. The molecule has 2 saturated heterocycles. The molecule has 60 heavy (non-hydrogen) atoms. The van der Waals surface area contributed by atoms with Gasteiger partial charge in [-0.15, -0.1) is 11.8 Å². The third-order valence-electron chi connectivity index (χ3n) is 11.1. The second-order valence-corrected chi connectivity index (χ2v) is 17.7. The monoisotopic (exact) mass is 862 g/mol. The quantitative estimate of drug-likeness (QED) is 0.150. The number of ether oxygens (including phenoxy) is 1. The minimum absolute atomic E-state index is 0.0120. The number of nitrogens with one attached hydrogen (secondary N) is 4. The molecular formula is C40H62N8O11S. The highest BCUT2D eigenvalue weighted by Gasteiger charge is 2.43. The van der Waals surface area contributed by atoms with Crippen LogP contribution in [0.15, 0.2) is 16.8 Å². The van der Waals surface area contributed by atoms with Gasteiger partial charge >= 0.3 is 5.97 Å². The minimum Gasteiger partial charge on any atom is -0.461 e. The average molecular weight is 863 g/mol. The van der Waals surface area contributed by atoms with Gasteiger partial charge in [-0.05, 0) is 71.1 Å². The number of likely N-dealkylation sites (N-methyl/N-ethyl adjacent to an activating group) is 1. The highest BCUT2D eigenvalue weighted by molar-refractivity contribution is 8.14. The molecule has 334 valence electrons. The summed E-state index contributed by atoms with van der Waals surface area (Å²) in [6.45, 7) is 11.0. The summed E-state index contributed by atoms with van der Waals surface area (Å²) in [5, 5.41) is 32.4. The maximum absolute atomic E-state index is 14.1. The van der Waals surface area contributed by atoms with E-state index < -0.39 is 108 Å². The normalized spacial score (nSPS) is 31.4. The van der Waals surface area contributed by atoms with Crippen LogP contribution in [0.2, 0.25) is 0 Å². The first-order chi connectivity index (χ1) is 28.3. The zero-order chi connectivity index (χ0) is 44.6. The van der Waals surface area contributed by atoms with Crippen molar-refractivity contribution >= 4 is 64.1 Å². The lowest BCUT2D eigenvalue weighted by Crippen LogP contribution is -2.61. The van der Waals surface area contributed by atoms with Gasteiger partial charge in [0.25, 0.3) is 11.8 Å². The molecular weight excluding hydrogens is 801 g/mol. The van der Waals surface area contributed by atoms with E-state index in [0.717, 1.165) is 4.90 Å². The van der Waals surface area contributed by atoms with Gasteiger partial charge in [0, 0.05) is 25.9 Å². The number of piperidine rings is 1. The molecule has 7 amide bonds. The molecule has 4 heterocycles. The number of nitrogens with zero attached hydrogens (tertiary/aromatic N) is 4. The Bertz CT molecular complexity index is 1720. The molecule has 4 aliphatic heterocycles. The fourth-order valence-electron chi connectivity index (χ4n) is 7.82. The third-order valence-corrected chi connectivity index (χ3v) is 12.2. The van der Waals surface area contributed by atoms with Gasteiger partial charge in [-0.25, -0.2) is 4.79 Å². The van der Waals surface area contributed by atoms with Gasteiger partial charge in [-0.1, -0.05) is 33.8 Å². The van der Waals surface area contributed by atoms with Crippen LogP contribution < -0.4 is 21.3 Å².